The summed E-state index contributed by atoms with van der Waals surface area (Å²) in [4.78, 5) is 0. The van der Waals surface area contributed by atoms with Gasteiger partial charge in [0, 0.05) is 17.0 Å². The van der Waals surface area contributed by atoms with Crippen molar-refractivity contribution < 1.29 is 5.11 Å². The summed E-state index contributed by atoms with van der Waals surface area (Å²) in [5, 5.41) is 15.7. The molecule has 1 aliphatic heterocycles. The molecule has 82 valence electrons. The summed E-state index contributed by atoms with van der Waals surface area (Å²) >= 11 is 0. The minimum absolute atomic E-state index is 0.324. The summed E-state index contributed by atoms with van der Waals surface area (Å²) < 4.78 is 0. The second kappa shape index (κ2) is 3.80. The Bertz CT molecular complexity index is 515. The molecule has 2 aromatic carbocycles. The molecule has 0 unspecified atom stereocenters. The summed E-state index contributed by atoms with van der Waals surface area (Å²) in [6, 6.07) is 12.4. The first-order valence-electron chi connectivity index (χ1n) is 5.80. The van der Waals surface area contributed by atoms with Gasteiger partial charge in [-0.2, -0.15) is 0 Å². The number of phenols is 1. The van der Waals surface area contributed by atoms with Gasteiger partial charge < -0.3 is 10.4 Å². The second-order valence-electron chi connectivity index (χ2n) is 4.37. The number of benzene rings is 2. The molecule has 2 nitrogen and oxygen atoms in total. The topological polar surface area (TPSA) is 32.3 Å². The molecule has 0 spiro atoms. The minimum atomic E-state index is 0.324. The SMILES string of the molecule is Oc1c([C@H]2CCCN2)ccc2ccccc12. The van der Waals surface area contributed by atoms with Crippen LogP contribution in [0, 0.1) is 0 Å². The number of nitrogens with one attached hydrogen (secondary N) is 1. The Hall–Kier alpha value is -1.54. The fourth-order valence-corrected chi connectivity index (χ4v) is 2.50. The van der Waals surface area contributed by atoms with Crippen LogP contribution in [0.15, 0.2) is 36.4 Å². The van der Waals surface area contributed by atoms with Crippen LogP contribution in [0.1, 0.15) is 24.4 Å². The number of fused-ring (bicyclic) bond motifs is 1. The number of phenolic OH excluding ortho intramolecular Hbond substituents is 1. The van der Waals surface area contributed by atoms with E-state index in [2.05, 4.69) is 11.4 Å². The first kappa shape index (κ1) is 9.67. The predicted octanol–water partition coefficient (Wildman–Crippen LogP) is 2.97. The Morgan fingerprint density at radius 2 is 2.00 bits per heavy atom. The Kier molecular flexibility index (Phi) is 2.29. The number of rotatable bonds is 1. The summed E-state index contributed by atoms with van der Waals surface area (Å²) in [5.41, 5.74) is 1.04. The summed E-state index contributed by atoms with van der Waals surface area (Å²) in [7, 11) is 0. The van der Waals surface area contributed by atoms with Crippen LogP contribution in [0.2, 0.25) is 0 Å². The van der Waals surface area contributed by atoms with Crippen LogP contribution < -0.4 is 5.32 Å². The highest BCUT2D eigenvalue weighted by molar-refractivity contribution is 5.89. The Labute approximate surface area is 94.9 Å². The molecule has 0 aromatic heterocycles. The van der Waals surface area contributed by atoms with E-state index in [0.717, 1.165) is 29.3 Å². The van der Waals surface area contributed by atoms with Gasteiger partial charge in [0.15, 0.2) is 0 Å². The summed E-state index contributed by atoms with van der Waals surface area (Å²) in [6.45, 7) is 1.05. The first-order valence-corrected chi connectivity index (χ1v) is 5.80. The van der Waals surface area contributed by atoms with Crippen molar-refractivity contribution in [2.24, 2.45) is 0 Å². The zero-order valence-corrected chi connectivity index (χ0v) is 9.11. The second-order valence-corrected chi connectivity index (χ2v) is 4.37. The number of hydrogen-bond donors (Lipinski definition) is 2. The van der Waals surface area contributed by atoms with E-state index in [1.807, 2.05) is 30.3 Å². The van der Waals surface area contributed by atoms with Gasteiger partial charge in [0.05, 0.1) is 0 Å². The zero-order chi connectivity index (χ0) is 11.0. The van der Waals surface area contributed by atoms with Crippen LogP contribution in [0.5, 0.6) is 5.75 Å². The van der Waals surface area contributed by atoms with Crippen molar-refractivity contribution in [1.82, 2.24) is 5.32 Å². The van der Waals surface area contributed by atoms with Crippen LogP contribution in [0.25, 0.3) is 10.8 Å². The zero-order valence-electron chi connectivity index (χ0n) is 9.11. The Morgan fingerprint density at radius 3 is 2.81 bits per heavy atom. The van der Waals surface area contributed by atoms with E-state index in [0.29, 0.717) is 11.8 Å². The van der Waals surface area contributed by atoms with Crippen molar-refractivity contribution in [3.05, 3.63) is 42.0 Å². The van der Waals surface area contributed by atoms with Gasteiger partial charge in [0.1, 0.15) is 5.75 Å². The predicted molar refractivity (Wildman–Crippen MR) is 65.6 cm³/mol. The molecule has 1 aliphatic rings. The Morgan fingerprint density at radius 1 is 1.12 bits per heavy atom. The molecule has 1 atom stereocenters. The summed E-state index contributed by atoms with van der Waals surface area (Å²) in [6.07, 6.45) is 2.31. The third-order valence-corrected chi connectivity index (χ3v) is 3.37. The highest BCUT2D eigenvalue weighted by atomic mass is 16.3. The first-order chi connectivity index (χ1) is 7.86. The van der Waals surface area contributed by atoms with E-state index in [9.17, 15) is 5.11 Å². The molecule has 1 saturated heterocycles. The smallest absolute Gasteiger partial charge is 0.128 e. The van der Waals surface area contributed by atoms with Gasteiger partial charge in [-0.25, -0.2) is 0 Å². The maximum Gasteiger partial charge on any atom is 0.128 e. The molecular weight excluding hydrogens is 198 g/mol. The van der Waals surface area contributed by atoms with Gasteiger partial charge in [-0.05, 0) is 24.8 Å². The van der Waals surface area contributed by atoms with Gasteiger partial charge in [0.25, 0.3) is 0 Å². The Balaban J connectivity index is 2.15. The molecule has 0 bridgehead atoms. The maximum atomic E-state index is 10.3. The van der Waals surface area contributed by atoms with Crippen molar-refractivity contribution >= 4 is 10.8 Å². The minimum Gasteiger partial charge on any atom is -0.507 e. The molecule has 1 fully saturated rings. The highest BCUT2D eigenvalue weighted by Crippen LogP contribution is 2.35. The lowest BCUT2D eigenvalue weighted by Crippen LogP contribution is -2.12. The van der Waals surface area contributed by atoms with E-state index in [-0.39, 0.29) is 0 Å². The average Bonchev–Trinajstić information content (AvgIpc) is 2.83. The lowest BCUT2D eigenvalue weighted by atomic mass is 9.99. The molecule has 2 aromatic rings. The average molecular weight is 213 g/mol. The molecule has 2 N–H and O–H groups in total. The number of aromatic hydroxyl groups is 1. The third-order valence-electron chi connectivity index (χ3n) is 3.37. The van der Waals surface area contributed by atoms with E-state index in [1.165, 1.54) is 6.42 Å². The molecular formula is C14H15NO. The van der Waals surface area contributed by atoms with Crippen molar-refractivity contribution in [3.63, 3.8) is 0 Å². The molecule has 0 radical (unpaired) electrons. The number of hydrogen-bond acceptors (Lipinski definition) is 2. The van der Waals surface area contributed by atoms with Crippen molar-refractivity contribution in [1.29, 1.82) is 0 Å². The van der Waals surface area contributed by atoms with Crippen molar-refractivity contribution in [2.75, 3.05) is 6.54 Å². The molecule has 2 heteroatoms. The van der Waals surface area contributed by atoms with Gasteiger partial charge in [-0.3, -0.25) is 0 Å². The van der Waals surface area contributed by atoms with E-state index < -0.39 is 0 Å². The van der Waals surface area contributed by atoms with Crippen LogP contribution in [-0.2, 0) is 0 Å². The largest absolute Gasteiger partial charge is 0.507 e. The lowest BCUT2D eigenvalue weighted by Gasteiger charge is -2.14. The molecule has 0 saturated carbocycles. The normalized spacial score (nSPS) is 20.4. The van der Waals surface area contributed by atoms with E-state index in [1.54, 1.807) is 0 Å². The highest BCUT2D eigenvalue weighted by Gasteiger charge is 2.19. The van der Waals surface area contributed by atoms with Crippen LogP contribution in [0.3, 0.4) is 0 Å². The van der Waals surface area contributed by atoms with Crippen LogP contribution in [0.4, 0.5) is 0 Å². The van der Waals surface area contributed by atoms with Crippen molar-refractivity contribution in [3.8, 4) is 5.75 Å². The van der Waals surface area contributed by atoms with Gasteiger partial charge in [-0.15, -0.1) is 0 Å². The fraction of sp³-hybridized carbons (Fsp3) is 0.286. The quantitative estimate of drug-likeness (QED) is 0.763. The molecule has 0 amide bonds. The van der Waals surface area contributed by atoms with Gasteiger partial charge >= 0.3 is 0 Å². The van der Waals surface area contributed by atoms with Crippen LogP contribution in [-0.4, -0.2) is 11.7 Å². The van der Waals surface area contributed by atoms with Gasteiger partial charge in [0.2, 0.25) is 0 Å². The lowest BCUT2D eigenvalue weighted by molar-refractivity contribution is 0.463. The third kappa shape index (κ3) is 1.46. The summed E-state index contributed by atoms with van der Waals surface area (Å²) in [5.74, 6) is 0.442. The molecule has 0 aliphatic carbocycles. The van der Waals surface area contributed by atoms with Crippen LogP contribution >= 0.6 is 0 Å². The van der Waals surface area contributed by atoms with E-state index in [4.69, 9.17) is 0 Å². The molecule has 16 heavy (non-hydrogen) atoms. The van der Waals surface area contributed by atoms with E-state index >= 15 is 0 Å². The monoisotopic (exact) mass is 213 g/mol. The standard InChI is InChI=1S/C14H15NO/c16-14-11-5-2-1-4-10(11)7-8-12(14)13-6-3-9-15-13/h1-2,4-5,7-8,13,15-16H,3,6,9H2/t13-/m1/s1. The van der Waals surface area contributed by atoms with Gasteiger partial charge in [-0.1, -0.05) is 36.4 Å². The molecule has 1 heterocycles. The van der Waals surface area contributed by atoms with Crippen molar-refractivity contribution in [2.45, 2.75) is 18.9 Å². The fourth-order valence-electron chi connectivity index (χ4n) is 2.50. The maximum absolute atomic E-state index is 10.3. The molecule has 3 rings (SSSR count).